The van der Waals surface area contributed by atoms with E-state index in [2.05, 4.69) is 13.8 Å². The monoisotopic (exact) mass is 805 g/mol. The van der Waals surface area contributed by atoms with Gasteiger partial charge in [-0.1, -0.05) is 195 Å². The molecule has 0 spiro atoms. The molecular formula is C43H82F6N2O4. The Morgan fingerprint density at radius 2 is 0.873 bits per heavy atom. The van der Waals surface area contributed by atoms with Crippen molar-refractivity contribution >= 4 is 11.8 Å². The summed E-state index contributed by atoms with van der Waals surface area (Å²) in [5.74, 6) is -3.95. The topological polar surface area (TPSA) is 98.7 Å². The van der Waals surface area contributed by atoms with Gasteiger partial charge in [0.2, 0.25) is 0 Å². The highest BCUT2D eigenvalue weighted by Gasteiger charge is 2.41. The lowest BCUT2D eigenvalue weighted by molar-refractivity contribution is -0.175. The predicted octanol–water partition coefficient (Wildman–Crippen LogP) is 13.0. The number of hydrogen-bond acceptors (Lipinski definition) is 4. The molecule has 0 aromatic carbocycles. The van der Waals surface area contributed by atoms with Crippen molar-refractivity contribution in [3.63, 3.8) is 0 Å². The molecule has 12 heteroatoms. The summed E-state index contributed by atoms with van der Waals surface area (Å²) in [6.07, 6.45) is 22.6. The first-order valence-corrected chi connectivity index (χ1v) is 21.4. The molecule has 2 amide bonds. The van der Waals surface area contributed by atoms with Gasteiger partial charge in [0.15, 0.2) is 0 Å². The smallest absolute Gasteiger partial charge is 0.390 e. The Morgan fingerprint density at radius 1 is 0.527 bits per heavy atom. The first kappa shape index (κ1) is 57.5. The van der Waals surface area contributed by atoms with Gasteiger partial charge in [0, 0.05) is 6.04 Å². The van der Waals surface area contributed by atoms with Gasteiger partial charge in [-0.2, -0.15) is 26.3 Å². The molecule has 0 heterocycles. The third-order valence-electron chi connectivity index (χ3n) is 9.78. The summed E-state index contributed by atoms with van der Waals surface area (Å²) >= 11 is 0. The third kappa shape index (κ3) is 36.3. The van der Waals surface area contributed by atoms with Crippen molar-refractivity contribution in [3.05, 3.63) is 12.2 Å². The fourth-order valence-corrected chi connectivity index (χ4v) is 6.21. The third-order valence-corrected chi connectivity index (χ3v) is 9.78. The van der Waals surface area contributed by atoms with Crippen LogP contribution in [0.3, 0.4) is 0 Å². The van der Waals surface area contributed by atoms with Crippen LogP contribution in [0.15, 0.2) is 12.2 Å². The normalized spacial score (nSPS) is 14.0. The van der Waals surface area contributed by atoms with Gasteiger partial charge in [0.25, 0.3) is 0 Å². The minimum atomic E-state index is -4.99. The zero-order valence-corrected chi connectivity index (χ0v) is 34.2. The fraction of sp³-hybridized carbons (Fsp3) is 0.907. The van der Waals surface area contributed by atoms with E-state index in [9.17, 15) is 46.1 Å². The minimum Gasteiger partial charge on any atom is -0.390 e. The second-order valence-electron chi connectivity index (χ2n) is 14.8. The van der Waals surface area contributed by atoms with Crippen LogP contribution in [0.4, 0.5) is 26.3 Å². The van der Waals surface area contributed by atoms with Gasteiger partial charge < -0.3 is 20.8 Å². The summed E-state index contributed by atoms with van der Waals surface area (Å²) in [7, 11) is 0. The summed E-state index contributed by atoms with van der Waals surface area (Å²) in [5.41, 5.74) is 0. The predicted molar refractivity (Wildman–Crippen MR) is 216 cm³/mol. The summed E-state index contributed by atoms with van der Waals surface area (Å²) in [5, 5.41) is 23.8. The average Bonchev–Trinajstić information content (AvgIpc) is 3.12. The molecule has 0 saturated heterocycles. The number of unbranched alkanes of at least 4 members (excludes halogenated alkanes) is 23. The van der Waals surface area contributed by atoms with Crippen LogP contribution in [0.1, 0.15) is 215 Å². The SMILES string of the molecule is C.CCCCCCCCCCCCCC/C=C/[C@H](CC)NC(=O)C(F)(F)F.CCCCCCCCCCCCCC[C@@H](O)[C@@H](O)[C@H](CC)NC(=O)C(F)(F)F. The highest BCUT2D eigenvalue weighted by molar-refractivity contribution is 5.82. The molecule has 0 saturated carbocycles. The molecule has 0 rings (SSSR count). The number of aliphatic hydroxyl groups is 2. The summed E-state index contributed by atoms with van der Waals surface area (Å²) in [6, 6.07) is -1.65. The van der Waals surface area contributed by atoms with E-state index in [1.807, 2.05) is 11.4 Å². The molecule has 0 aromatic heterocycles. The molecule has 55 heavy (non-hydrogen) atoms. The number of allylic oxidation sites excluding steroid dienone is 1. The van der Waals surface area contributed by atoms with Gasteiger partial charge in [0.1, 0.15) is 0 Å². The quantitative estimate of drug-likeness (QED) is 0.0302. The molecule has 6 nitrogen and oxygen atoms in total. The standard InChI is InChI=1S/C21H40F3NO3.C21H38F3NO.CH4/c1-3-5-6-7-8-9-10-11-12-13-14-15-16-18(26)19(27)17(4-2)25-20(28)21(22,23)24;1-3-5-6-7-8-9-10-11-12-13-14-15-16-17-18-19(4-2)25-20(26)21(22,23)24;/h17-19,26-27H,3-16H2,1-2H3,(H,25,28);17-19H,3-16H2,1-2H3,(H,25,26);1H4/b;18-17+;/t17-,18+,19-;19-;/m00./s1. The van der Waals surface area contributed by atoms with Crippen molar-refractivity contribution < 1.29 is 46.1 Å². The minimum absolute atomic E-state index is 0. The average molecular weight is 805 g/mol. The second kappa shape index (κ2) is 37.7. The first-order chi connectivity index (χ1) is 25.6. The van der Waals surface area contributed by atoms with Crippen LogP contribution in [0.2, 0.25) is 0 Å². The molecule has 330 valence electrons. The van der Waals surface area contributed by atoms with E-state index in [4.69, 9.17) is 0 Å². The van der Waals surface area contributed by atoms with E-state index >= 15 is 0 Å². The maximum absolute atomic E-state index is 12.3. The lowest BCUT2D eigenvalue weighted by Gasteiger charge is -2.27. The molecule has 4 atom stereocenters. The highest BCUT2D eigenvalue weighted by Crippen LogP contribution is 2.19. The number of hydrogen-bond donors (Lipinski definition) is 4. The van der Waals surface area contributed by atoms with Crippen molar-refractivity contribution in [2.45, 2.75) is 252 Å². The van der Waals surface area contributed by atoms with Gasteiger partial charge in [0.05, 0.1) is 18.2 Å². The zero-order chi connectivity index (χ0) is 41.1. The van der Waals surface area contributed by atoms with Crippen molar-refractivity contribution in [3.8, 4) is 0 Å². The maximum atomic E-state index is 12.3. The van der Waals surface area contributed by atoms with Crippen LogP contribution in [0.5, 0.6) is 0 Å². The Bertz CT molecular complexity index is 901. The van der Waals surface area contributed by atoms with E-state index in [-0.39, 0.29) is 13.8 Å². The number of amides is 2. The maximum Gasteiger partial charge on any atom is 0.471 e. The molecular weight excluding hydrogens is 722 g/mol. The number of carbonyl (C=O) groups is 2. The Kier molecular flexibility index (Phi) is 39.5. The number of nitrogens with one attached hydrogen (secondary N) is 2. The van der Waals surface area contributed by atoms with Crippen molar-refractivity contribution in [1.82, 2.24) is 10.6 Å². The molecule has 0 aliphatic rings. The van der Waals surface area contributed by atoms with E-state index in [1.54, 1.807) is 25.2 Å². The van der Waals surface area contributed by atoms with Gasteiger partial charge >= 0.3 is 24.2 Å². The van der Waals surface area contributed by atoms with Crippen LogP contribution in [0, 0.1) is 0 Å². The van der Waals surface area contributed by atoms with Crippen LogP contribution in [-0.2, 0) is 9.59 Å². The van der Waals surface area contributed by atoms with Crippen LogP contribution in [0.25, 0.3) is 0 Å². The molecule has 0 fully saturated rings. The van der Waals surface area contributed by atoms with Gasteiger partial charge in [-0.15, -0.1) is 0 Å². The zero-order valence-electron chi connectivity index (χ0n) is 34.2. The van der Waals surface area contributed by atoms with E-state index < -0.39 is 48.5 Å². The van der Waals surface area contributed by atoms with Crippen LogP contribution >= 0.6 is 0 Å². The summed E-state index contributed by atoms with van der Waals surface area (Å²) in [6.45, 7) is 7.77. The Morgan fingerprint density at radius 3 is 1.22 bits per heavy atom. The number of alkyl halides is 6. The fourth-order valence-electron chi connectivity index (χ4n) is 6.21. The molecule has 0 aromatic rings. The van der Waals surface area contributed by atoms with Crippen molar-refractivity contribution in [1.29, 1.82) is 0 Å². The highest BCUT2D eigenvalue weighted by atomic mass is 19.4. The van der Waals surface area contributed by atoms with E-state index in [0.29, 0.717) is 19.3 Å². The van der Waals surface area contributed by atoms with Gasteiger partial charge in [-0.05, 0) is 32.1 Å². The lowest BCUT2D eigenvalue weighted by atomic mass is 9.97. The molecule has 0 radical (unpaired) electrons. The van der Waals surface area contributed by atoms with E-state index in [1.165, 1.54) is 116 Å². The second-order valence-corrected chi connectivity index (χ2v) is 14.8. The number of aliphatic hydroxyl groups excluding tert-OH is 2. The Labute approximate surface area is 331 Å². The first-order valence-electron chi connectivity index (χ1n) is 21.4. The number of carbonyl (C=O) groups excluding carboxylic acids is 2. The van der Waals surface area contributed by atoms with Crippen LogP contribution < -0.4 is 10.6 Å². The Balaban J connectivity index is -0.000000968. The number of rotatable bonds is 33. The summed E-state index contributed by atoms with van der Waals surface area (Å²) < 4.78 is 73.6. The largest absolute Gasteiger partial charge is 0.471 e. The summed E-state index contributed by atoms with van der Waals surface area (Å²) in [4.78, 5) is 21.9. The molecule has 0 aliphatic carbocycles. The van der Waals surface area contributed by atoms with Gasteiger partial charge in [-0.3, -0.25) is 9.59 Å². The molecule has 0 bridgehead atoms. The van der Waals surface area contributed by atoms with Crippen molar-refractivity contribution in [2.24, 2.45) is 0 Å². The Hall–Kier alpha value is -1.82. The molecule has 0 unspecified atom stereocenters. The van der Waals surface area contributed by atoms with Crippen LogP contribution in [-0.4, -0.2) is 58.7 Å². The van der Waals surface area contributed by atoms with Gasteiger partial charge in [-0.25, -0.2) is 0 Å². The molecule has 4 N–H and O–H groups in total. The lowest BCUT2D eigenvalue weighted by Crippen LogP contribution is -2.51. The van der Waals surface area contributed by atoms with Crippen molar-refractivity contribution in [2.75, 3.05) is 0 Å². The molecule has 0 aliphatic heterocycles. The van der Waals surface area contributed by atoms with E-state index in [0.717, 1.165) is 38.5 Å². The number of halogens is 6.